The highest BCUT2D eigenvalue weighted by molar-refractivity contribution is 5.95. The van der Waals surface area contributed by atoms with Gasteiger partial charge < -0.3 is 0 Å². The number of aryl methyl sites for hydroxylation is 3. The van der Waals surface area contributed by atoms with E-state index < -0.39 is 0 Å². The minimum absolute atomic E-state index is 1.26. The number of aromatic nitrogens is 1. The maximum atomic E-state index is 2.35. The van der Waals surface area contributed by atoms with Crippen LogP contribution in [0.1, 0.15) is 22.4 Å². The summed E-state index contributed by atoms with van der Waals surface area (Å²) in [6.07, 6.45) is 0. The fourth-order valence-electron chi connectivity index (χ4n) is 3.92. The second-order valence-electron chi connectivity index (χ2n) is 7.62. The van der Waals surface area contributed by atoms with E-state index in [1.165, 1.54) is 55.5 Å². The van der Waals surface area contributed by atoms with Crippen LogP contribution in [-0.4, -0.2) is 0 Å². The largest absolute Gasteiger partial charge is 0.220 e. The van der Waals surface area contributed by atoms with E-state index in [1.54, 1.807) is 0 Å². The van der Waals surface area contributed by atoms with Gasteiger partial charge in [-0.2, -0.15) is 4.57 Å². The lowest BCUT2D eigenvalue weighted by Gasteiger charge is -2.14. The van der Waals surface area contributed by atoms with Crippen LogP contribution in [0.4, 0.5) is 0 Å². The average Bonchev–Trinajstić information content (AvgIpc) is 2.66. The van der Waals surface area contributed by atoms with E-state index in [2.05, 4.69) is 106 Å². The van der Waals surface area contributed by atoms with Gasteiger partial charge in [0.2, 0.25) is 5.69 Å². The molecule has 1 nitrogen and oxygen atoms in total. The Morgan fingerprint density at radius 1 is 0.704 bits per heavy atom. The molecule has 0 saturated carbocycles. The highest BCUT2D eigenvalue weighted by Gasteiger charge is 2.21. The van der Waals surface area contributed by atoms with E-state index >= 15 is 0 Å². The molecule has 0 aliphatic heterocycles. The lowest BCUT2D eigenvalue weighted by molar-refractivity contribution is -0.665. The molecule has 0 spiro atoms. The number of nitrogens with zero attached hydrogens (tertiary/aromatic N) is 1. The zero-order valence-electron chi connectivity index (χ0n) is 16.8. The molecule has 0 radical (unpaired) electrons. The third kappa shape index (κ3) is 3.04. The molecule has 0 bridgehead atoms. The first kappa shape index (κ1) is 17.5. The van der Waals surface area contributed by atoms with Gasteiger partial charge in [-0.1, -0.05) is 54.1 Å². The summed E-state index contributed by atoms with van der Waals surface area (Å²) in [5.41, 5.74) is 10.4. The Balaban J connectivity index is 2.07. The molecule has 0 aliphatic rings. The number of benzene rings is 3. The van der Waals surface area contributed by atoms with Gasteiger partial charge in [0.25, 0.3) is 0 Å². The molecule has 27 heavy (non-hydrogen) atoms. The van der Waals surface area contributed by atoms with Crippen LogP contribution in [0, 0.1) is 27.7 Å². The molecule has 1 heterocycles. The first-order valence-electron chi connectivity index (χ1n) is 9.53. The molecule has 0 amide bonds. The molecule has 1 aromatic heterocycles. The first-order chi connectivity index (χ1) is 13.0. The van der Waals surface area contributed by atoms with Crippen molar-refractivity contribution in [1.82, 2.24) is 0 Å². The standard InChI is InChI=1S/C26H26N/c1-17-11-12-24-23(13-17)15-19(3)27(5)26(24)25-16-22(14-18(2)20(25)4)21-9-7-6-8-10-21/h6-16H,1-5H3/q+1. The van der Waals surface area contributed by atoms with E-state index in [-0.39, 0.29) is 0 Å². The molecule has 0 N–H and O–H groups in total. The van der Waals surface area contributed by atoms with Crippen molar-refractivity contribution in [3.63, 3.8) is 0 Å². The van der Waals surface area contributed by atoms with E-state index in [0.717, 1.165) is 0 Å². The van der Waals surface area contributed by atoms with Crippen LogP contribution < -0.4 is 4.57 Å². The van der Waals surface area contributed by atoms with Crippen molar-refractivity contribution < 1.29 is 4.57 Å². The monoisotopic (exact) mass is 352 g/mol. The summed E-state index contributed by atoms with van der Waals surface area (Å²) in [5.74, 6) is 0. The minimum Gasteiger partial charge on any atom is -0.198 e. The molecule has 0 saturated heterocycles. The molecule has 0 fully saturated rings. The summed E-state index contributed by atoms with van der Waals surface area (Å²) in [6.45, 7) is 8.80. The third-order valence-corrected chi connectivity index (χ3v) is 5.72. The molecule has 4 aromatic rings. The predicted octanol–water partition coefficient (Wildman–Crippen LogP) is 6.23. The average molecular weight is 353 g/mol. The summed E-state index contributed by atoms with van der Waals surface area (Å²) < 4.78 is 2.33. The van der Waals surface area contributed by atoms with Gasteiger partial charge in [-0.25, -0.2) is 0 Å². The van der Waals surface area contributed by atoms with Crippen LogP contribution in [-0.2, 0) is 7.05 Å². The molecule has 0 unspecified atom stereocenters. The number of hydrogen-bond acceptors (Lipinski definition) is 0. The van der Waals surface area contributed by atoms with Gasteiger partial charge in [0.05, 0.1) is 10.9 Å². The van der Waals surface area contributed by atoms with Gasteiger partial charge in [0.15, 0.2) is 5.69 Å². The fourth-order valence-corrected chi connectivity index (χ4v) is 3.92. The Labute approximate surface area is 161 Å². The topological polar surface area (TPSA) is 3.88 Å². The van der Waals surface area contributed by atoms with E-state index in [4.69, 9.17) is 0 Å². The molecule has 0 atom stereocenters. The van der Waals surface area contributed by atoms with E-state index in [9.17, 15) is 0 Å². The second-order valence-corrected chi connectivity index (χ2v) is 7.62. The van der Waals surface area contributed by atoms with Crippen molar-refractivity contribution in [3.8, 4) is 22.4 Å². The van der Waals surface area contributed by atoms with Crippen LogP contribution >= 0.6 is 0 Å². The molecular weight excluding hydrogens is 326 g/mol. The van der Waals surface area contributed by atoms with Crippen molar-refractivity contribution >= 4 is 10.8 Å². The molecule has 0 aliphatic carbocycles. The van der Waals surface area contributed by atoms with E-state index in [0.29, 0.717) is 0 Å². The zero-order valence-corrected chi connectivity index (χ0v) is 16.8. The Bertz CT molecular complexity index is 1150. The van der Waals surface area contributed by atoms with Crippen molar-refractivity contribution in [2.75, 3.05) is 0 Å². The lowest BCUT2D eigenvalue weighted by atomic mass is 9.91. The van der Waals surface area contributed by atoms with Gasteiger partial charge in [0.1, 0.15) is 7.05 Å². The smallest absolute Gasteiger partial charge is 0.198 e. The maximum absolute atomic E-state index is 2.35. The van der Waals surface area contributed by atoms with Crippen molar-refractivity contribution in [2.45, 2.75) is 27.7 Å². The quantitative estimate of drug-likeness (QED) is 0.376. The molecule has 134 valence electrons. The second kappa shape index (κ2) is 6.66. The SMILES string of the molecule is Cc1ccc2c(-c3cc(-c4ccccc4)cc(C)c3C)[n+](C)c(C)cc2c1. The van der Waals surface area contributed by atoms with Gasteiger partial charge in [-0.15, -0.1) is 0 Å². The van der Waals surface area contributed by atoms with Gasteiger partial charge in [0, 0.05) is 13.0 Å². The Hall–Kier alpha value is -2.93. The summed E-state index contributed by atoms with van der Waals surface area (Å²) in [7, 11) is 2.17. The van der Waals surface area contributed by atoms with Crippen LogP contribution in [0.3, 0.4) is 0 Å². The summed E-state index contributed by atoms with van der Waals surface area (Å²) in [6, 6.07) is 24.4. The van der Waals surface area contributed by atoms with Crippen LogP contribution in [0.5, 0.6) is 0 Å². The van der Waals surface area contributed by atoms with Crippen molar-refractivity contribution in [3.05, 3.63) is 89.1 Å². The zero-order chi connectivity index (χ0) is 19.1. The number of rotatable bonds is 2. The highest BCUT2D eigenvalue weighted by Crippen LogP contribution is 2.34. The van der Waals surface area contributed by atoms with Gasteiger partial charge >= 0.3 is 0 Å². The molecule has 4 rings (SSSR count). The number of pyridine rings is 1. The molecule has 3 aromatic carbocycles. The molecular formula is C26H26N+. The third-order valence-electron chi connectivity index (χ3n) is 5.72. The highest BCUT2D eigenvalue weighted by atomic mass is 14.9. The predicted molar refractivity (Wildman–Crippen MR) is 115 cm³/mol. The summed E-state index contributed by atoms with van der Waals surface area (Å²) >= 11 is 0. The van der Waals surface area contributed by atoms with Crippen LogP contribution in [0.2, 0.25) is 0 Å². The Morgan fingerprint density at radius 2 is 1.44 bits per heavy atom. The summed E-state index contributed by atoms with van der Waals surface area (Å²) in [5, 5.41) is 2.61. The lowest BCUT2D eigenvalue weighted by Crippen LogP contribution is -2.35. The number of fused-ring (bicyclic) bond motifs is 1. The first-order valence-corrected chi connectivity index (χ1v) is 9.53. The maximum Gasteiger partial charge on any atom is 0.220 e. The van der Waals surface area contributed by atoms with Crippen LogP contribution in [0.25, 0.3) is 33.2 Å². The van der Waals surface area contributed by atoms with Gasteiger partial charge in [-0.05, 0) is 60.5 Å². The molecule has 1 heteroatoms. The normalized spacial score (nSPS) is 11.1. The fraction of sp³-hybridized carbons (Fsp3) is 0.192. The van der Waals surface area contributed by atoms with Crippen molar-refractivity contribution in [2.24, 2.45) is 7.05 Å². The summed E-state index contributed by atoms with van der Waals surface area (Å²) in [4.78, 5) is 0. The minimum atomic E-state index is 1.26. The van der Waals surface area contributed by atoms with Crippen LogP contribution in [0.15, 0.2) is 66.7 Å². The number of hydrogen-bond donors (Lipinski definition) is 0. The van der Waals surface area contributed by atoms with Crippen molar-refractivity contribution in [1.29, 1.82) is 0 Å². The van der Waals surface area contributed by atoms with E-state index in [1.807, 2.05) is 0 Å². The van der Waals surface area contributed by atoms with Gasteiger partial charge in [-0.3, -0.25) is 0 Å². The Kier molecular flexibility index (Phi) is 4.31. The Morgan fingerprint density at radius 3 is 2.19 bits per heavy atom.